The van der Waals surface area contributed by atoms with Gasteiger partial charge in [-0.15, -0.1) is 0 Å². The van der Waals surface area contributed by atoms with Crippen LogP contribution in [-0.4, -0.2) is 18.2 Å². The molecule has 5 nitrogen and oxygen atoms in total. The summed E-state index contributed by atoms with van der Waals surface area (Å²) in [6.45, 7) is 5.65. The van der Waals surface area contributed by atoms with Gasteiger partial charge < -0.3 is 0 Å². The lowest BCUT2D eigenvalue weighted by atomic mass is 10.3. The second-order valence-electron chi connectivity index (χ2n) is 4.52. The van der Waals surface area contributed by atoms with Crippen molar-refractivity contribution in [3.8, 4) is 0 Å². The number of anilines is 1. The Labute approximate surface area is 127 Å². The topological polar surface area (TPSA) is 64.0 Å². The lowest BCUT2D eigenvalue weighted by Gasteiger charge is -2.11. The summed E-state index contributed by atoms with van der Waals surface area (Å²) in [7, 11) is -3.97. The molecular formula is C13H15ClFN3O2S. The van der Waals surface area contributed by atoms with E-state index in [9.17, 15) is 12.8 Å². The van der Waals surface area contributed by atoms with Crippen LogP contribution < -0.4 is 4.72 Å². The highest BCUT2D eigenvalue weighted by atomic mass is 35.5. The van der Waals surface area contributed by atoms with E-state index >= 15 is 0 Å². The van der Waals surface area contributed by atoms with Gasteiger partial charge in [0.1, 0.15) is 16.4 Å². The van der Waals surface area contributed by atoms with Crippen LogP contribution in [0.2, 0.25) is 5.02 Å². The van der Waals surface area contributed by atoms with Crippen molar-refractivity contribution in [2.45, 2.75) is 32.2 Å². The Kier molecular flexibility index (Phi) is 4.25. The molecule has 2 aromatic rings. The zero-order valence-electron chi connectivity index (χ0n) is 11.8. The Morgan fingerprint density at radius 3 is 2.57 bits per heavy atom. The SMILES string of the molecule is CCn1nc(C)c(S(=O)(=O)Nc2c(F)cccc2Cl)c1C. The predicted octanol–water partition coefficient (Wildman–Crippen LogP) is 3.11. The van der Waals surface area contributed by atoms with Crippen LogP contribution in [0.25, 0.3) is 0 Å². The normalized spacial score (nSPS) is 11.7. The monoisotopic (exact) mass is 331 g/mol. The number of hydrogen-bond acceptors (Lipinski definition) is 3. The van der Waals surface area contributed by atoms with E-state index in [2.05, 4.69) is 9.82 Å². The predicted molar refractivity (Wildman–Crippen MR) is 79.6 cm³/mol. The third-order valence-corrected chi connectivity index (χ3v) is 5.00. The largest absolute Gasteiger partial charge is 0.275 e. The molecule has 114 valence electrons. The molecule has 0 radical (unpaired) electrons. The highest BCUT2D eigenvalue weighted by Crippen LogP contribution is 2.29. The summed E-state index contributed by atoms with van der Waals surface area (Å²) in [4.78, 5) is 0.0451. The fraction of sp³-hybridized carbons (Fsp3) is 0.308. The van der Waals surface area contributed by atoms with Crippen LogP contribution in [-0.2, 0) is 16.6 Å². The fourth-order valence-electron chi connectivity index (χ4n) is 2.16. The summed E-state index contributed by atoms with van der Waals surface area (Å²) in [6, 6.07) is 3.96. The average Bonchev–Trinajstić information content (AvgIpc) is 2.69. The number of hydrogen-bond donors (Lipinski definition) is 1. The molecule has 0 saturated heterocycles. The number of aryl methyl sites for hydroxylation is 2. The number of nitrogens with one attached hydrogen (secondary N) is 1. The minimum absolute atomic E-state index is 0.00300. The number of para-hydroxylation sites is 1. The lowest BCUT2D eigenvalue weighted by molar-refractivity contribution is 0.596. The van der Waals surface area contributed by atoms with E-state index < -0.39 is 15.8 Å². The van der Waals surface area contributed by atoms with Crippen molar-refractivity contribution in [2.24, 2.45) is 0 Å². The van der Waals surface area contributed by atoms with Gasteiger partial charge >= 0.3 is 0 Å². The summed E-state index contributed by atoms with van der Waals surface area (Å²) in [5.41, 5.74) is 0.589. The van der Waals surface area contributed by atoms with E-state index in [0.29, 0.717) is 17.9 Å². The summed E-state index contributed by atoms with van der Waals surface area (Å²) in [5.74, 6) is -0.732. The molecule has 1 aromatic heterocycles. The molecule has 0 aliphatic carbocycles. The number of rotatable bonds is 4. The number of nitrogens with zero attached hydrogens (tertiary/aromatic N) is 2. The maximum atomic E-state index is 13.7. The second kappa shape index (κ2) is 5.65. The molecule has 1 heterocycles. The molecule has 0 spiro atoms. The Morgan fingerprint density at radius 2 is 2.05 bits per heavy atom. The molecule has 1 N–H and O–H groups in total. The van der Waals surface area contributed by atoms with Gasteiger partial charge in [-0.05, 0) is 32.9 Å². The first-order valence-electron chi connectivity index (χ1n) is 6.28. The van der Waals surface area contributed by atoms with E-state index in [0.717, 1.165) is 6.07 Å². The van der Waals surface area contributed by atoms with Crippen molar-refractivity contribution in [1.82, 2.24) is 9.78 Å². The first kappa shape index (κ1) is 15.8. The van der Waals surface area contributed by atoms with Crippen molar-refractivity contribution < 1.29 is 12.8 Å². The number of sulfonamides is 1. The Bertz CT molecular complexity index is 767. The van der Waals surface area contributed by atoms with E-state index in [4.69, 9.17) is 11.6 Å². The maximum Gasteiger partial charge on any atom is 0.265 e. The highest BCUT2D eigenvalue weighted by molar-refractivity contribution is 7.92. The summed E-state index contributed by atoms with van der Waals surface area (Å²) in [6.07, 6.45) is 0. The molecule has 1 aromatic carbocycles. The summed E-state index contributed by atoms with van der Waals surface area (Å²) < 4.78 is 42.5. The van der Waals surface area contributed by atoms with E-state index in [1.54, 1.807) is 18.5 Å². The molecule has 0 aliphatic rings. The first-order chi connectivity index (χ1) is 9.77. The zero-order chi connectivity index (χ0) is 15.8. The molecule has 0 unspecified atom stereocenters. The van der Waals surface area contributed by atoms with Gasteiger partial charge in [0.2, 0.25) is 0 Å². The van der Waals surface area contributed by atoms with E-state index in [-0.39, 0.29) is 15.6 Å². The Hall–Kier alpha value is -1.60. The average molecular weight is 332 g/mol. The molecule has 0 saturated carbocycles. The highest BCUT2D eigenvalue weighted by Gasteiger charge is 2.26. The van der Waals surface area contributed by atoms with Gasteiger partial charge in [0.05, 0.1) is 16.4 Å². The Morgan fingerprint density at radius 1 is 1.38 bits per heavy atom. The summed E-state index contributed by atoms with van der Waals surface area (Å²) in [5, 5.41) is 4.15. The van der Waals surface area contributed by atoms with Crippen LogP contribution in [0.1, 0.15) is 18.3 Å². The van der Waals surface area contributed by atoms with E-state index in [1.807, 2.05) is 6.92 Å². The smallest absolute Gasteiger partial charge is 0.265 e. The molecule has 0 amide bonds. The van der Waals surface area contributed by atoms with Gasteiger partial charge in [0.25, 0.3) is 10.0 Å². The Balaban J connectivity index is 2.52. The molecule has 0 fully saturated rings. The van der Waals surface area contributed by atoms with Crippen LogP contribution >= 0.6 is 11.6 Å². The molecule has 2 rings (SSSR count). The van der Waals surface area contributed by atoms with Gasteiger partial charge in [-0.1, -0.05) is 17.7 Å². The van der Waals surface area contributed by atoms with Gasteiger partial charge in [0, 0.05) is 6.54 Å². The van der Waals surface area contributed by atoms with Crippen LogP contribution in [0.15, 0.2) is 23.1 Å². The third-order valence-electron chi connectivity index (χ3n) is 3.08. The molecule has 0 bridgehead atoms. The number of benzene rings is 1. The molecule has 8 heteroatoms. The fourth-order valence-corrected chi connectivity index (χ4v) is 3.93. The maximum absolute atomic E-state index is 13.7. The van der Waals surface area contributed by atoms with Crippen LogP contribution in [0, 0.1) is 19.7 Å². The number of halogens is 2. The van der Waals surface area contributed by atoms with Crippen molar-refractivity contribution in [2.75, 3.05) is 4.72 Å². The minimum atomic E-state index is -3.97. The van der Waals surface area contributed by atoms with Crippen molar-refractivity contribution in [3.63, 3.8) is 0 Å². The molecule has 0 atom stereocenters. The van der Waals surface area contributed by atoms with Gasteiger partial charge in [-0.25, -0.2) is 12.8 Å². The van der Waals surface area contributed by atoms with Crippen LogP contribution in [0.3, 0.4) is 0 Å². The van der Waals surface area contributed by atoms with Crippen LogP contribution in [0.5, 0.6) is 0 Å². The van der Waals surface area contributed by atoms with E-state index in [1.165, 1.54) is 12.1 Å². The third kappa shape index (κ3) is 2.89. The second-order valence-corrected chi connectivity index (χ2v) is 6.54. The van der Waals surface area contributed by atoms with Crippen molar-refractivity contribution >= 4 is 27.3 Å². The first-order valence-corrected chi connectivity index (χ1v) is 8.15. The molecule has 0 aliphatic heterocycles. The molecular weight excluding hydrogens is 317 g/mol. The number of aromatic nitrogens is 2. The lowest BCUT2D eigenvalue weighted by Crippen LogP contribution is -2.16. The molecule has 21 heavy (non-hydrogen) atoms. The zero-order valence-corrected chi connectivity index (χ0v) is 13.4. The van der Waals surface area contributed by atoms with Crippen molar-refractivity contribution in [1.29, 1.82) is 0 Å². The van der Waals surface area contributed by atoms with Crippen molar-refractivity contribution in [3.05, 3.63) is 40.4 Å². The summed E-state index contributed by atoms with van der Waals surface area (Å²) >= 11 is 5.85. The van der Waals surface area contributed by atoms with Gasteiger partial charge in [0.15, 0.2) is 0 Å². The standard InChI is InChI=1S/C13H15ClFN3O2S/c1-4-18-9(3)13(8(2)16-18)21(19,20)17-12-10(14)6-5-7-11(12)15/h5-7,17H,4H2,1-3H3. The minimum Gasteiger partial charge on any atom is -0.275 e. The van der Waals surface area contributed by atoms with Gasteiger partial charge in [-0.3, -0.25) is 9.40 Å². The quantitative estimate of drug-likeness (QED) is 0.936. The van der Waals surface area contributed by atoms with Gasteiger partial charge in [-0.2, -0.15) is 5.10 Å². The van der Waals surface area contributed by atoms with Crippen LogP contribution in [0.4, 0.5) is 10.1 Å².